The van der Waals surface area contributed by atoms with Crippen LogP contribution in [0.15, 0.2) is 120 Å². The van der Waals surface area contributed by atoms with Crippen molar-refractivity contribution in [1.82, 2.24) is 34.5 Å². The molecule has 10 aromatic rings. The number of fused-ring (bicyclic) bond motifs is 5. The van der Waals surface area contributed by atoms with E-state index in [0.717, 1.165) is 69.4 Å². The zero-order chi connectivity index (χ0) is 30.9. The number of thiazole rings is 1. The monoisotopic (exact) mass is 641 g/mol. The number of para-hydroxylation sites is 2. The van der Waals surface area contributed by atoms with Crippen molar-refractivity contribution in [3.8, 4) is 44.8 Å². The Kier molecular flexibility index (Phi) is 5.74. The molecule has 10 rings (SSSR count). The Morgan fingerprint density at radius 2 is 1.38 bits per heavy atom. The van der Waals surface area contributed by atoms with Crippen LogP contribution in [-0.4, -0.2) is 34.5 Å². The van der Waals surface area contributed by atoms with Crippen molar-refractivity contribution in [1.29, 1.82) is 0 Å². The molecule has 220 valence electrons. The molecule has 5 heterocycles. The minimum atomic E-state index is 0.363. The largest absolute Gasteiger partial charge is 0.435 e. The highest BCUT2D eigenvalue weighted by Gasteiger charge is 2.28. The van der Waals surface area contributed by atoms with E-state index in [0.29, 0.717) is 28.5 Å². The molecule has 0 aliphatic heterocycles. The first-order valence-corrected chi connectivity index (χ1v) is 16.5. The van der Waals surface area contributed by atoms with Gasteiger partial charge >= 0.3 is 0 Å². The van der Waals surface area contributed by atoms with E-state index in [2.05, 4.69) is 28.4 Å². The van der Waals surface area contributed by atoms with Crippen LogP contribution in [0.25, 0.3) is 97.9 Å². The molecule has 0 radical (unpaired) electrons. The van der Waals surface area contributed by atoms with Gasteiger partial charge in [-0.1, -0.05) is 72.8 Å². The van der Waals surface area contributed by atoms with Crippen LogP contribution < -0.4 is 0 Å². The maximum atomic E-state index is 6.60. The number of aromatic nitrogens is 7. The van der Waals surface area contributed by atoms with Crippen molar-refractivity contribution in [2.24, 2.45) is 0 Å². The van der Waals surface area contributed by atoms with Crippen molar-refractivity contribution < 1.29 is 4.42 Å². The maximum absolute atomic E-state index is 6.60. The summed E-state index contributed by atoms with van der Waals surface area (Å²) in [6.07, 6.45) is 3.60. The van der Waals surface area contributed by atoms with Gasteiger partial charge in [0.15, 0.2) is 17.1 Å². The molecule has 0 bridgehead atoms. The zero-order valence-corrected chi connectivity index (χ0v) is 26.0. The summed E-state index contributed by atoms with van der Waals surface area (Å²) in [6.45, 7) is 0. The van der Waals surface area contributed by atoms with Crippen molar-refractivity contribution in [3.05, 3.63) is 116 Å². The summed E-state index contributed by atoms with van der Waals surface area (Å²) in [6, 6.07) is 34.4. The lowest BCUT2D eigenvalue weighted by Gasteiger charge is -2.13. The van der Waals surface area contributed by atoms with Crippen LogP contribution in [0.3, 0.4) is 0 Å². The summed E-state index contributed by atoms with van der Waals surface area (Å²) in [5.41, 5.74) is 6.77. The average Bonchev–Trinajstić information content (AvgIpc) is 3.87. The van der Waals surface area contributed by atoms with Crippen molar-refractivity contribution in [2.75, 3.05) is 0 Å². The van der Waals surface area contributed by atoms with Gasteiger partial charge < -0.3 is 4.42 Å². The van der Waals surface area contributed by atoms with Crippen LogP contribution in [0.2, 0.25) is 0 Å². The Morgan fingerprint density at radius 1 is 0.617 bits per heavy atom. The van der Waals surface area contributed by atoms with E-state index in [4.69, 9.17) is 28.7 Å². The number of nitrogens with zero attached hydrogens (tertiary/aromatic N) is 7. The Hall–Kier alpha value is -5.97. The first kappa shape index (κ1) is 26.3. The van der Waals surface area contributed by atoms with Crippen LogP contribution in [0.4, 0.5) is 0 Å². The molecular weight excluding hydrogens is 623 g/mol. The molecule has 47 heavy (non-hydrogen) atoms. The molecule has 0 fully saturated rings. The zero-order valence-electron chi connectivity index (χ0n) is 24.3. The molecule has 8 nitrogen and oxygen atoms in total. The minimum absolute atomic E-state index is 0.363. The quantitative estimate of drug-likeness (QED) is 0.187. The molecular formula is C37H19N7OS2. The van der Waals surface area contributed by atoms with Crippen LogP contribution in [-0.2, 0) is 0 Å². The highest BCUT2D eigenvalue weighted by Crippen LogP contribution is 2.48. The number of hydrogen-bond acceptors (Lipinski definition) is 10. The number of rotatable bonds is 4. The lowest BCUT2D eigenvalue weighted by molar-refractivity contribution is 0.616. The standard InChI is InChI=1S/C37H19N7OS2/c1-3-11-22-20(9-1)19-39-43-33(22)36-42-34-27(45-36)17-24(37-41-26-14-6-8-16-29(26)46-37)30(32-23-12-4-7-15-28(23)47-44-32)31(34)35-38-18-21-10-2-5-13-25(21)40-35/h1-19H. The van der Waals surface area contributed by atoms with Crippen LogP contribution in [0.1, 0.15) is 0 Å². The van der Waals surface area contributed by atoms with Gasteiger partial charge in [-0.15, -0.1) is 16.4 Å². The van der Waals surface area contributed by atoms with E-state index in [9.17, 15) is 0 Å². The lowest BCUT2D eigenvalue weighted by Crippen LogP contribution is -1.97. The summed E-state index contributed by atoms with van der Waals surface area (Å²) in [5.74, 6) is 0.884. The molecule has 10 heteroatoms. The van der Waals surface area contributed by atoms with E-state index in [1.807, 2.05) is 91.1 Å². The highest BCUT2D eigenvalue weighted by molar-refractivity contribution is 7.21. The van der Waals surface area contributed by atoms with Crippen LogP contribution in [0, 0.1) is 0 Å². The third-order valence-corrected chi connectivity index (χ3v) is 10.2. The minimum Gasteiger partial charge on any atom is -0.435 e. The predicted molar refractivity (Wildman–Crippen MR) is 188 cm³/mol. The lowest BCUT2D eigenvalue weighted by atomic mass is 9.94. The van der Waals surface area contributed by atoms with Crippen LogP contribution in [0.5, 0.6) is 0 Å². The van der Waals surface area contributed by atoms with Gasteiger partial charge in [0.05, 0.1) is 37.9 Å². The first-order valence-electron chi connectivity index (χ1n) is 14.9. The molecule has 0 unspecified atom stereocenters. The molecule has 0 aliphatic rings. The topological polar surface area (TPSA) is 103 Å². The molecule has 5 aromatic heterocycles. The molecule has 0 saturated heterocycles. The summed E-state index contributed by atoms with van der Waals surface area (Å²) >= 11 is 3.09. The summed E-state index contributed by atoms with van der Waals surface area (Å²) in [5, 5.41) is 13.4. The van der Waals surface area contributed by atoms with E-state index >= 15 is 0 Å². The fourth-order valence-electron chi connectivity index (χ4n) is 6.13. The molecule has 0 amide bonds. The SMILES string of the molecule is c1ccc2nc(-c3c(-c4nsc5ccccc45)c(-c4nc5ccccc5s4)cc4oc(-c5nncc6ccccc56)nc34)ncc2c1. The normalized spacial score (nSPS) is 11.8. The molecule has 0 saturated carbocycles. The fraction of sp³-hybridized carbons (Fsp3) is 0. The van der Waals surface area contributed by atoms with Gasteiger partial charge in [0.1, 0.15) is 10.5 Å². The van der Waals surface area contributed by atoms with E-state index < -0.39 is 0 Å². The smallest absolute Gasteiger partial charge is 0.248 e. The predicted octanol–water partition coefficient (Wildman–Crippen LogP) is 9.60. The van der Waals surface area contributed by atoms with Gasteiger partial charge in [0.25, 0.3) is 0 Å². The molecule has 0 atom stereocenters. The number of oxazole rings is 1. The Labute approximate surface area is 274 Å². The Morgan fingerprint density at radius 3 is 2.28 bits per heavy atom. The third-order valence-electron chi connectivity index (χ3n) is 8.31. The third kappa shape index (κ3) is 4.16. The summed E-state index contributed by atoms with van der Waals surface area (Å²) in [7, 11) is 0. The van der Waals surface area contributed by atoms with E-state index in [-0.39, 0.29) is 0 Å². The average molecular weight is 642 g/mol. The Bertz CT molecular complexity index is 2800. The van der Waals surface area contributed by atoms with Crippen LogP contribution >= 0.6 is 22.9 Å². The van der Waals surface area contributed by atoms with Gasteiger partial charge in [-0.3, -0.25) is 0 Å². The molecule has 0 aliphatic carbocycles. The van der Waals surface area contributed by atoms with Gasteiger partial charge in [0.2, 0.25) is 5.89 Å². The van der Waals surface area contributed by atoms with Crippen molar-refractivity contribution in [2.45, 2.75) is 0 Å². The Balaban J connectivity index is 1.37. The van der Waals surface area contributed by atoms with Gasteiger partial charge in [-0.2, -0.15) is 9.47 Å². The second-order valence-electron chi connectivity index (χ2n) is 11.1. The van der Waals surface area contributed by atoms with Gasteiger partial charge in [0, 0.05) is 38.9 Å². The summed E-state index contributed by atoms with van der Waals surface area (Å²) in [4.78, 5) is 20.2. The van der Waals surface area contributed by atoms with Crippen molar-refractivity contribution >= 4 is 75.9 Å². The first-order chi connectivity index (χ1) is 23.3. The maximum Gasteiger partial charge on any atom is 0.248 e. The van der Waals surface area contributed by atoms with E-state index in [1.165, 1.54) is 11.5 Å². The van der Waals surface area contributed by atoms with Gasteiger partial charge in [-0.05, 0) is 41.9 Å². The fourth-order valence-corrected chi connectivity index (χ4v) is 7.90. The number of hydrogen-bond donors (Lipinski definition) is 0. The second-order valence-corrected chi connectivity index (χ2v) is 12.9. The molecule has 0 spiro atoms. The van der Waals surface area contributed by atoms with Crippen molar-refractivity contribution in [3.63, 3.8) is 0 Å². The summed E-state index contributed by atoms with van der Waals surface area (Å²) < 4.78 is 13.8. The second kappa shape index (κ2) is 10.3. The van der Waals surface area contributed by atoms with Gasteiger partial charge in [-0.25, -0.2) is 19.9 Å². The molecule has 5 aromatic carbocycles. The highest BCUT2D eigenvalue weighted by atomic mass is 32.1. The van der Waals surface area contributed by atoms with E-state index in [1.54, 1.807) is 17.5 Å². The number of benzene rings is 5. The molecule has 0 N–H and O–H groups in total.